The van der Waals surface area contributed by atoms with Gasteiger partial charge in [-0.15, -0.1) is 10.2 Å². The molecule has 2 aromatic rings. The number of Topliss-reactive ketones (excluding diaryl/α,β-unsaturated/α-hetero) is 1. The molecule has 138 valence electrons. The zero-order valence-corrected chi connectivity index (χ0v) is 16.0. The molecule has 1 aliphatic rings. The van der Waals surface area contributed by atoms with Crippen molar-refractivity contribution in [2.45, 2.75) is 56.8 Å². The fourth-order valence-corrected chi connectivity index (χ4v) is 3.68. The van der Waals surface area contributed by atoms with Gasteiger partial charge in [0, 0.05) is 12.5 Å². The molecule has 0 radical (unpaired) electrons. The molecule has 1 N–H and O–H groups in total. The molecule has 0 saturated heterocycles. The van der Waals surface area contributed by atoms with Gasteiger partial charge in [0.2, 0.25) is 5.91 Å². The molecule has 1 aromatic heterocycles. The average molecular weight is 372 g/mol. The van der Waals surface area contributed by atoms with E-state index in [0.29, 0.717) is 12.3 Å². The van der Waals surface area contributed by atoms with Crippen LogP contribution in [0.5, 0.6) is 0 Å². The van der Waals surface area contributed by atoms with Crippen LogP contribution >= 0.6 is 11.8 Å². The van der Waals surface area contributed by atoms with Gasteiger partial charge in [0.05, 0.1) is 11.8 Å². The van der Waals surface area contributed by atoms with Gasteiger partial charge in [-0.1, -0.05) is 42.1 Å². The Hall–Kier alpha value is -2.15. The van der Waals surface area contributed by atoms with E-state index < -0.39 is 6.04 Å². The molecule has 0 spiro atoms. The maximum atomic E-state index is 12.3. The lowest BCUT2D eigenvalue weighted by molar-refractivity contribution is -0.125. The first kappa shape index (κ1) is 18.6. The minimum Gasteiger partial charge on any atom is -0.345 e. The predicted octanol–water partition coefficient (Wildman–Crippen LogP) is 2.58. The topological polar surface area (TPSA) is 76.9 Å². The maximum Gasteiger partial charge on any atom is 0.231 e. The Morgan fingerprint density at radius 2 is 2.00 bits per heavy atom. The van der Waals surface area contributed by atoms with Gasteiger partial charge in [-0.25, -0.2) is 0 Å². The Balaban J connectivity index is 1.56. The van der Waals surface area contributed by atoms with Crippen LogP contribution in [-0.4, -0.2) is 38.2 Å². The molecule has 26 heavy (non-hydrogen) atoms. The van der Waals surface area contributed by atoms with E-state index in [9.17, 15) is 9.59 Å². The summed E-state index contributed by atoms with van der Waals surface area (Å²) in [5.41, 5.74) is 1.03. The summed E-state index contributed by atoms with van der Waals surface area (Å²) >= 11 is 1.37. The van der Waals surface area contributed by atoms with Gasteiger partial charge >= 0.3 is 0 Å². The summed E-state index contributed by atoms with van der Waals surface area (Å²) in [5, 5.41) is 12.1. The second kappa shape index (κ2) is 8.49. The zero-order chi connectivity index (χ0) is 18.5. The number of carbonyl (C=O) groups is 2. The zero-order valence-electron chi connectivity index (χ0n) is 15.1. The highest BCUT2D eigenvalue weighted by Gasteiger charge is 2.30. The van der Waals surface area contributed by atoms with Gasteiger partial charge in [-0.2, -0.15) is 0 Å². The van der Waals surface area contributed by atoms with Crippen LogP contribution in [0.4, 0.5) is 0 Å². The van der Waals surface area contributed by atoms with E-state index in [1.54, 1.807) is 0 Å². The van der Waals surface area contributed by atoms with Gasteiger partial charge in [0.15, 0.2) is 10.9 Å². The lowest BCUT2D eigenvalue weighted by atomic mass is 10.0. The summed E-state index contributed by atoms with van der Waals surface area (Å²) < 4.78 is 2.09. The molecule has 1 amide bonds. The van der Waals surface area contributed by atoms with E-state index in [-0.39, 0.29) is 17.4 Å². The first-order valence-electron chi connectivity index (χ1n) is 8.98. The number of hydrogen-bond acceptors (Lipinski definition) is 5. The highest BCUT2D eigenvalue weighted by Crippen LogP contribution is 2.39. The fourth-order valence-electron chi connectivity index (χ4n) is 2.86. The molecule has 1 unspecified atom stereocenters. The second-order valence-corrected chi connectivity index (χ2v) is 7.51. The summed E-state index contributed by atoms with van der Waals surface area (Å²) in [6.45, 7) is 4.37. The third-order valence-electron chi connectivity index (χ3n) is 4.45. The summed E-state index contributed by atoms with van der Waals surface area (Å²) in [6.07, 6.45) is 2.84. The number of benzene rings is 1. The largest absolute Gasteiger partial charge is 0.345 e. The molecule has 0 bridgehead atoms. The minimum atomic E-state index is -0.503. The molecule has 1 heterocycles. The Labute approximate surface area is 157 Å². The average Bonchev–Trinajstić information content (AvgIpc) is 3.40. The Kier molecular flexibility index (Phi) is 6.08. The van der Waals surface area contributed by atoms with Crippen LogP contribution in [0.15, 0.2) is 35.5 Å². The highest BCUT2D eigenvalue weighted by atomic mass is 32.2. The monoisotopic (exact) mass is 372 g/mol. The van der Waals surface area contributed by atoms with Crippen LogP contribution in [0.3, 0.4) is 0 Å². The number of carbonyl (C=O) groups excluding carboxylic acids is 2. The van der Waals surface area contributed by atoms with Crippen LogP contribution in [-0.2, 0) is 22.6 Å². The molecule has 6 nitrogen and oxygen atoms in total. The lowest BCUT2D eigenvalue weighted by Crippen LogP contribution is -2.42. The summed E-state index contributed by atoms with van der Waals surface area (Å²) in [4.78, 5) is 24.2. The van der Waals surface area contributed by atoms with Crippen molar-refractivity contribution >= 4 is 23.5 Å². The third-order valence-corrected chi connectivity index (χ3v) is 5.41. The molecule has 1 fully saturated rings. The normalized spacial score (nSPS) is 14.8. The molecule has 0 aliphatic heterocycles. The van der Waals surface area contributed by atoms with Crippen molar-refractivity contribution in [2.24, 2.45) is 0 Å². The summed E-state index contributed by atoms with van der Waals surface area (Å²) in [7, 11) is 0. The van der Waals surface area contributed by atoms with E-state index in [2.05, 4.69) is 27.0 Å². The van der Waals surface area contributed by atoms with Crippen LogP contribution in [0.25, 0.3) is 0 Å². The van der Waals surface area contributed by atoms with E-state index in [0.717, 1.165) is 23.1 Å². The van der Waals surface area contributed by atoms with Crippen molar-refractivity contribution < 1.29 is 9.59 Å². The van der Waals surface area contributed by atoms with Crippen molar-refractivity contribution in [3.8, 4) is 0 Å². The number of rotatable bonds is 9. The van der Waals surface area contributed by atoms with E-state index >= 15 is 0 Å². The van der Waals surface area contributed by atoms with Crippen molar-refractivity contribution in [2.75, 3.05) is 5.75 Å². The van der Waals surface area contributed by atoms with E-state index in [4.69, 9.17) is 0 Å². The molecule has 1 aliphatic carbocycles. The number of nitrogens with one attached hydrogen (secondary N) is 1. The van der Waals surface area contributed by atoms with Gasteiger partial charge in [0.1, 0.15) is 5.82 Å². The van der Waals surface area contributed by atoms with Gasteiger partial charge in [-0.3, -0.25) is 9.59 Å². The fraction of sp³-hybridized carbons (Fsp3) is 0.474. The third kappa shape index (κ3) is 4.72. The standard InChI is InChI=1S/C19H24N4O2S/c1-3-23-18(15-9-10-15)21-22-19(23)26-12-17(25)20-16(13(2)24)11-14-7-5-4-6-8-14/h4-8,15-16H,3,9-12H2,1-2H3,(H,20,25). The lowest BCUT2D eigenvalue weighted by Gasteiger charge is -2.16. The van der Waals surface area contributed by atoms with Gasteiger partial charge in [0.25, 0.3) is 0 Å². The smallest absolute Gasteiger partial charge is 0.231 e. The molecule has 7 heteroatoms. The Morgan fingerprint density at radius 3 is 2.62 bits per heavy atom. The first-order valence-corrected chi connectivity index (χ1v) is 9.96. The Bertz CT molecular complexity index is 771. The SMILES string of the molecule is CCn1c(SCC(=O)NC(Cc2ccccc2)C(C)=O)nnc1C1CC1. The van der Waals surface area contributed by atoms with Crippen molar-refractivity contribution in [3.63, 3.8) is 0 Å². The van der Waals surface area contributed by atoms with Gasteiger partial charge < -0.3 is 9.88 Å². The molecule has 1 saturated carbocycles. The number of nitrogens with zero attached hydrogens (tertiary/aromatic N) is 3. The van der Waals surface area contributed by atoms with Crippen molar-refractivity contribution in [1.29, 1.82) is 0 Å². The van der Waals surface area contributed by atoms with Crippen LogP contribution in [0.1, 0.15) is 44.0 Å². The summed E-state index contributed by atoms with van der Waals surface area (Å²) in [5.74, 6) is 1.57. The highest BCUT2D eigenvalue weighted by molar-refractivity contribution is 7.99. The number of aromatic nitrogens is 3. The number of ketones is 1. The van der Waals surface area contributed by atoms with Crippen molar-refractivity contribution in [3.05, 3.63) is 41.7 Å². The van der Waals surface area contributed by atoms with Crippen molar-refractivity contribution in [1.82, 2.24) is 20.1 Å². The second-order valence-electron chi connectivity index (χ2n) is 6.57. The number of amides is 1. The number of hydrogen-bond donors (Lipinski definition) is 1. The first-order chi connectivity index (χ1) is 12.6. The number of thioether (sulfide) groups is 1. The Morgan fingerprint density at radius 1 is 1.27 bits per heavy atom. The van der Waals surface area contributed by atoms with E-state index in [1.165, 1.54) is 31.5 Å². The van der Waals surface area contributed by atoms with Crippen LogP contribution < -0.4 is 5.32 Å². The molecule has 3 rings (SSSR count). The van der Waals surface area contributed by atoms with Gasteiger partial charge in [-0.05, 0) is 38.7 Å². The minimum absolute atomic E-state index is 0.0417. The molecule has 1 atom stereocenters. The predicted molar refractivity (Wildman–Crippen MR) is 101 cm³/mol. The van der Waals surface area contributed by atoms with E-state index in [1.807, 2.05) is 30.3 Å². The molecular formula is C19H24N4O2S. The quantitative estimate of drug-likeness (QED) is 0.685. The van der Waals surface area contributed by atoms with Crippen LogP contribution in [0, 0.1) is 0 Å². The molecule has 1 aromatic carbocycles. The summed E-state index contributed by atoms with van der Waals surface area (Å²) in [6, 6.07) is 9.20. The van der Waals surface area contributed by atoms with Crippen LogP contribution in [0.2, 0.25) is 0 Å². The molecular weight excluding hydrogens is 348 g/mol. The maximum absolute atomic E-state index is 12.3.